The summed E-state index contributed by atoms with van der Waals surface area (Å²) in [6.45, 7) is 4.32. The van der Waals surface area contributed by atoms with E-state index < -0.39 is 0 Å². The molecule has 1 atom stereocenters. The molecule has 0 N–H and O–H groups in total. The summed E-state index contributed by atoms with van der Waals surface area (Å²) in [6, 6.07) is -0.124. The molecule has 8 heteroatoms. The highest BCUT2D eigenvalue weighted by atomic mass is 16.2. The molecule has 2 saturated heterocycles. The third-order valence-corrected chi connectivity index (χ3v) is 6.27. The van der Waals surface area contributed by atoms with Crippen LogP contribution in [0.4, 0.5) is 0 Å². The van der Waals surface area contributed by atoms with Crippen molar-refractivity contribution in [2.24, 2.45) is 0 Å². The molecular formula is C21H29N5O3. The van der Waals surface area contributed by atoms with Crippen molar-refractivity contribution in [2.75, 3.05) is 26.2 Å². The summed E-state index contributed by atoms with van der Waals surface area (Å²) in [5.41, 5.74) is 1.97. The minimum Gasteiger partial charge on any atom is -0.338 e. The molecule has 8 nitrogen and oxygen atoms in total. The molecule has 0 radical (unpaired) electrons. The molecule has 2 fully saturated rings. The number of amides is 3. The Hall–Kier alpha value is -2.51. The number of nitrogens with zero attached hydrogens (tertiary/aromatic N) is 5. The molecular weight excluding hydrogens is 370 g/mol. The van der Waals surface area contributed by atoms with Crippen molar-refractivity contribution < 1.29 is 14.4 Å². The van der Waals surface area contributed by atoms with Gasteiger partial charge in [-0.25, -0.2) is 9.97 Å². The second-order valence-corrected chi connectivity index (χ2v) is 8.26. The molecule has 0 saturated carbocycles. The quantitative estimate of drug-likeness (QED) is 0.768. The van der Waals surface area contributed by atoms with Gasteiger partial charge in [0.1, 0.15) is 0 Å². The number of rotatable bonds is 3. The number of hydrogen-bond donors (Lipinski definition) is 0. The molecule has 0 bridgehead atoms. The number of likely N-dealkylation sites (tertiary alicyclic amines) is 2. The van der Waals surface area contributed by atoms with Crippen molar-refractivity contribution in [1.82, 2.24) is 24.7 Å². The van der Waals surface area contributed by atoms with E-state index in [4.69, 9.17) is 4.98 Å². The number of carbonyl (C=O) groups is 3. The second-order valence-electron chi connectivity index (χ2n) is 8.26. The number of carbonyl (C=O) groups excluding carboxylic acids is 3. The van der Waals surface area contributed by atoms with Crippen LogP contribution in [-0.2, 0) is 27.3 Å². The van der Waals surface area contributed by atoms with Gasteiger partial charge in [0.15, 0.2) is 5.82 Å². The van der Waals surface area contributed by atoms with Crippen LogP contribution in [-0.4, -0.2) is 68.6 Å². The standard InChI is InChI=1S/C21H29N5O3/c1-15(27)24-11-8-17-16(13-24)12-22-21(23-17)18-6-5-10-26(18)20(29)14-25-9-4-2-3-7-19(25)28/h12,18H,2-11,13-14H2,1H3/t18-/m0/s1. The zero-order valence-electron chi connectivity index (χ0n) is 17.1. The molecule has 0 aromatic carbocycles. The van der Waals surface area contributed by atoms with Gasteiger partial charge < -0.3 is 14.7 Å². The summed E-state index contributed by atoms with van der Waals surface area (Å²) in [5, 5.41) is 0. The minimum absolute atomic E-state index is 0.00757. The highest BCUT2D eigenvalue weighted by Gasteiger charge is 2.34. The predicted octanol–water partition coefficient (Wildman–Crippen LogP) is 1.45. The Kier molecular flexibility index (Phi) is 5.78. The summed E-state index contributed by atoms with van der Waals surface area (Å²) in [6.07, 6.45) is 7.77. The Morgan fingerprint density at radius 1 is 1.10 bits per heavy atom. The first-order chi connectivity index (χ1) is 14.0. The molecule has 4 rings (SSSR count). The van der Waals surface area contributed by atoms with E-state index in [0.29, 0.717) is 44.8 Å². The topological polar surface area (TPSA) is 86.7 Å². The van der Waals surface area contributed by atoms with E-state index in [1.807, 2.05) is 11.1 Å². The maximum absolute atomic E-state index is 13.0. The Morgan fingerprint density at radius 2 is 1.97 bits per heavy atom. The van der Waals surface area contributed by atoms with E-state index >= 15 is 0 Å². The van der Waals surface area contributed by atoms with Gasteiger partial charge in [0.25, 0.3) is 0 Å². The van der Waals surface area contributed by atoms with Crippen molar-refractivity contribution >= 4 is 17.7 Å². The first-order valence-corrected chi connectivity index (χ1v) is 10.7. The lowest BCUT2D eigenvalue weighted by molar-refractivity contribution is -0.140. The maximum atomic E-state index is 13.0. The Balaban J connectivity index is 1.46. The van der Waals surface area contributed by atoms with Crippen LogP contribution in [0.5, 0.6) is 0 Å². The predicted molar refractivity (Wildman–Crippen MR) is 106 cm³/mol. The first kappa shape index (κ1) is 19.8. The Labute approximate surface area is 171 Å². The fourth-order valence-corrected chi connectivity index (χ4v) is 4.55. The number of aromatic nitrogens is 2. The van der Waals surface area contributed by atoms with Gasteiger partial charge in [-0.3, -0.25) is 14.4 Å². The third-order valence-electron chi connectivity index (χ3n) is 6.27. The second kappa shape index (κ2) is 8.47. The maximum Gasteiger partial charge on any atom is 0.242 e. The molecule has 0 unspecified atom stereocenters. The fraction of sp³-hybridized carbons (Fsp3) is 0.667. The van der Waals surface area contributed by atoms with Gasteiger partial charge in [-0.05, 0) is 25.7 Å². The zero-order valence-corrected chi connectivity index (χ0v) is 17.1. The average molecular weight is 399 g/mol. The average Bonchev–Trinajstić information content (AvgIpc) is 3.13. The molecule has 1 aromatic heterocycles. The van der Waals surface area contributed by atoms with Crippen LogP contribution < -0.4 is 0 Å². The van der Waals surface area contributed by atoms with Crippen LogP contribution in [0.2, 0.25) is 0 Å². The van der Waals surface area contributed by atoms with Gasteiger partial charge in [0, 0.05) is 57.7 Å². The zero-order chi connectivity index (χ0) is 20.4. The van der Waals surface area contributed by atoms with Crippen molar-refractivity contribution in [3.63, 3.8) is 0 Å². The van der Waals surface area contributed by atoms with E-state index in [2.05, 4.69) is 4.98 Å². The summed E-state index contributed by atoms with van der Waals surface area (Å²) in [7, 11) is 0. The van der Waals surface area contributed by atoms with E-state index in [0.717, 1.165) is 43.4 Å². The summed E-state index contributed by atoms with van der Waals surface area (Å²) in [5.74, 6) is 0.835. The van der Waals surface area contributed by atoms with Crippen LogP contribution in [0.1, 0.15) is 68.6 Å². The van der Waals surface area contributed by atoms with E-state index in [1.165, 1.54) is 0 Å². The van der Waals surface area contributed by atoms with E-state index in [9.17, 15) is 14.4 Å². The molecule has 3 amide bonds. The Morgan fingerprint density at radius 3 is 2.79 bits per heavy atom. The van der Waals surface area contributed by atoms with Crippen LogP contribution >= 0.6 is 0 Å². The number of hydrogen-bond acceptors (Lipinski definition) is 5. The van der Waals surface area contributed by atoms with Crippen molar-refractivity contribution in [3.8, 4) is 0 Å². The number of fused-ring (bicyclic) bond motifs is 1. The molecule has 3 aliphatic heterocycles. The summed E-state index contributed by atoms with van der Waals surface area (Å²) >= 11 is 0. The molecule has 156 valence electrons. The third kappa shape index (κ3) is 4.26. The SMILES string of the molecule is CC(=O)N1CCc2nc([C@@H]3CCCN3C(=O)CN3CCCCCC3=O)ncc2C1. The molecule has 3 aliphatic rings. The van der Waals surface area contributed by atoms with Crippen LogP contribution in [0.25, 0.3) is 0 Å². The van der Waals surface area contributed by atoms with Crippen molar-refractivity contribution in [3.05, 3.63) is 23.3 Å². The van der Waals surface area contributed by atoms with Crippen molar-refractivity contribution in [1.29, 1.82) is 0 Å². The van der Waals surface area contributed by atoms with Gasteiger partial charge >= 0.3 is 0 Å². The van der Waals surface area contributed by atoms with Crippen LogP contribution in [0.3, 0.4) is 0 Å². The lowest BCUT2D eigenvalue weighted by Gasteiger charge is -2.29. The fourth-order valence-electron chi connectivity index (χ4n) is 4.55. The van der Waals surface area contributed by atoms with Crippen LogP contribution in [0.15, 0.2) is 6.20 Å². The highest BCUT2D eigenvalue weighted by Crippen LogP contribution is 2.31. The molecule has 1 aromatic rings. The van der Waals surface area contributed by atoms with Crippen LogP contribution in [0, 0.1) is 0 Å². The molecule has 4 heterocycles. The van der Waals surface area contributed by atoms with Gasteiger partial charge in [-0.1, -0.05) is 6.42 Å². The minimum atomic E-state index is -0.124. The van der Waals surface area contributed by atoms with E-state index in [-0.39, 0.29) is 30.3 Å². The van der Waals surface area contributed by atoms with E-state index in [1.54, 1.807) is 16.7 Å². The smallest absolute Gasteiger partial charge is 0.242 e. The van der Waals surface area contributed by atoms with Gasteiger partial charge in [-0.15, -0.1) is 0 Å². The summed E-state index contributed by atoms with van der Waals surface area (Å²) < 4.78 is 0. The van der Waals surface area contributed by atoms with Gasteiger partial charge in [-0.2, -0.15) is 0 Å². The van der Waals surface area contributed by atoms with Gasteiger partial charge in [0.2, 0.25) is 17.7 Å². The molecule has 29 heavy (non-hydrogen) atoms. The monoisotopic (exact) mass is 399 g/mol. The van der Waals surface area contributed by atoms with Gasteiger partial charge in [0.05, 0.1) is 18.3 Å². The highest BCUT2D eigenvalue weighted by molar-refractivity contribution is 5.85. The lowest BCUT2D eigenvalue weighted by atomic mass is 10.1. The molecule has 0 spiro atoms. The largest absolute Gasteiger partial charge is 0.338 e. The normalized spacial score (nSPS) is 22.4. The molecule has 0 aliphatic carbocycles. The Bertz CT molecular complexity index is 812. The lowest BCUT2D eigenvalue weighted by Crippen LogP contribution is -2.43. The summed E-state index contributed by atoms with van der Waals surface area (Å²) in [4.78, 5) is 51.6. The van der Waals surface area contributed by atoms with Crippen molar-refractivity contribution in [2.45, 2.75) is 64.5 Å². The first-order valence-electron chi connectivity index (χ1n) is 10.7.